The quantitative estimate of drug-likeness (QED) is 0.799. The molecule has 2 rings (SSSR count). The van der Waals surface area contributed by atoms with Crippen LogP contribution in [0.1, 0.15) is 45.6 Å². The average Bonchev–Trinajstić information content (AvgIpc) is 2.25. The van der Waals surface area contributed by atoms with E-state index in [0.717, 1.165) is 28.6 Å². The van der Waals surface area contributed by atoms with Crippen molar-refractivity contribution in [1.82, 2.24) is 0 Å². The Morgan fingerprint density at radius 1 is 1.40 bits per heavy atom. The summed E-state index contributed by atoms with van der Waals surface area (Å²) in [6, 6.07) is 5.85. The zero-order valence-corrected chi connectivity index (χ0v) is 14.7. The largest absolute Gasteiger partial charge is 0.490 e. The van der Waals surface area contributed by atoms with Crippen molar-refractivity contribution in [2.24, 2.45) is 17.1 Å². The predicted molar refractivity (Wildman–Crippen MR) is 91.2 cm³/mol. The van der Waals surface area contributed by atoms with Gasteiger partial charge in [-0.15, -0.1) is 0 Å². The molecule has 0 amide bonds. The molecule has 0 bridgehead atoms. The summed E-state index contributed by atoms with van der Waals surface area (Å²) >= 11 is 8.64. The second kappa shape index (κ2) is 6.02. The second-order valence-electron chi connectivity index (χ2n) is 6.63. The molecule has 0 radical (unpaired) electrons. The van der Waals surface area contributed by atoms with Gasteiger partial charge < -0.3 is 10.5 Å². The molecule has 2 unspecified atom stereocenters. The molecule has 0 aromatic heterocycles. The number of rotatable bonds is 3. The highest BCUT2D eigenvalue weighted by Gasteiger charge is 2.33. The van der Waals surface area contributed by atoms with E-state index in [1.54, 1.807) is 0 Å². The van der Waals surface area contributed by atoms with E-state index in [0.29, 0.717) is 16.3 Å². The van der Waals surface area contributed by atoms with E-state index in [9.17, 15) is 0 Å². The standard InChI is InChI=1S/C16H22BrNOS/c1-10-7-11(9-16(2,3)8-10)19-13-6-4-5-12(17)14(13)15(18)20/h4-6,10-11H,7-9H2,1-3H3,(H2,18,20). The topological polar surface area (TPSA) is 35.2 Å². The summed E-state index contributed by atoms with van der Waals surface area (Å²) in [7, 11) is 0. The number of halogens is 1. The fourth-order valence-electron chi connectivity index (χ4n) is 3.37. The highest BCUT2D eigenvalue weighted by atomic mass is 79.9. The van der Waals surface area contributed by atoms with Crippen LogP contribution in [0.25, 0.3) is 0 Å². The number of hydrogen-bond acceptors (Lipinski definition) is 2. The summed E-state index contributed by atoms with van der Waals surface area (Å²) in [5, 5.41) is 0. The number of thiocarbonyl (C=S) groups is 1. The maximum absolute atomic E-state index is 6.24. The Hall–Kier alpha value is -0.610. The van der Waals surface area contributed by atoms with Crippen LogP contribution in [0.3, 0.4) is 0 Å². The number of benzene rings is 1. The van der Waals surface area contributed by atoms with E-state index in [1.807, 2.05) is 18.2 Å². The minimum absolute atomic E-state index is 0.233. The van der Waals surface area contributed by atoms with Gasteiger partial charge in [0.15, 0.2) is 0 Å². The maximum atomic E-state index is 6.24. The first-order chi connectivity index (χ1) is 9.28. The highest BCUT2D eigenvalue weighted by Crippen LogP contribution is 2.40. The average molecular weight is 356 g/mol. The van der Waals surface area contributed by atoms with Gasteiger partial charge in [-0.25, -0.2) is 0 Å². The maximum Gasteiger partial charge on any atom is 0.131 e. The van der Waals surface area contributed by atoms with Crippen molar-refractivity contribution in [2.75, 3.05) is 0 Å². The third-order valence-corrected chi connectivity index (χ3v) is 4.73. The van der Waals surface area contributed by atoms with Crippen molar-refractivity contribution in [1.29, 1.82) is 0 Å². The molecule has 0 aliphatic heterocycles. The molecule has 1 aromatic rings. The van der Waals surface area contributed by atoms with Gasteiger partial charge in [-0.05, 0) is 58.7 Å². The molecule has 4 heteroatoms. The Morgan fingerprint density at radius 3 is 2.70 bits per heavy atom. The molecule has 1 fully saturated rings. The lowest BCUT2D eigenvalue weighted by Crippen LogP contribution is -2.34. The molecule has 1 saturated carbocycles. The Balaban J connectivity index is 2.22. The van der Waals surface area contributed by atoms with Crippen molar-refractivity contribution in [3.8, 4) is 5.75 Å². The van der Waals surface area contributed by atoms with Crippen LogP contribution < -0.4 is 10.5 Å². The van der Waals surface area contributed by atoms with E-state index in [1.165, 1.54) is 6.42 Å². The van der Waals surface area contributed by atoms with Gasteiger partial charge in [-0.3, -0.25) is 0 Å². The molecule has 1 aliphatic carbocycles. The molecular formula is C16H22BrNOS. The third-order valence-electron chi connectivity index (χ3n) is 3.86. The zero-order valence-electron chi connectivity index (χ0n) is 12.3. The smallest absolute Gasteiger partial charge is 0.131 e. The van der Waals surface area contributed by atoms with Crippen LogP contribution in [0, 0.1) is 11.3 Å². The van der Waals surface area contributed by atoms with Gasteiger partial charge in [0.2, 0.25) is 0 Å². The molecule has 110 valence electrons. The Labute approximate surface area is 135 Å². The summed E-state index contributed by atoms with van der Waals surface area (Å²) in [5.74, 6) is 1.48. The van der Waals surface area contributed by atoms with E-state index in [2.05, 4.69) is 36.7 Å². The lowest BCUT2D eigenvalue weighted by atomic mass is 9.71. The third kappa shape index (κ3) is 3.73. The van der Waals surface area contributed by atoms with Crippen molar-refractivity contribution >= 4 is 33.1 Å². The van der Waals surface area contributed by atoms with Crippen molar-refractivity contribution < 1.29 is 4.74 Å². The van der Waals surface area contributed by atoms with E-state index >= 15 is 0 Å². The SMILES string of the molecule is CC1CC(Oc2cccc(Br)c2C(N)=S)CC(C)(C)C1. The van der Waals surface area contributed by atoms with Crippen LogP contribution in [0.5, 0.6) is 5.75 Å². The molecule has 2 atom stereocenters. The lowest BCUT2D eigenvalue weighted by molar-refractivity contribution is 0.0561. The fourth-order valence-corrected chi connectivity index (χ4v) is 4.27. The second-order valence-corrected chi connectivity index (χ2v) is 7.92. The molecule has 2 N–H and O–H groups in total. The molecule has 2 nitrogen and oxygen atoms in total. The van der Waals surface area contributed by atoms with E-state index in [-0.39, 0.29) is 6.10 Å². The lowest BCUT2D eigenvalue weighted by Gasteiger charge is -2.39. The molecular weight excluding hydrogens is 334 g/mol. The summed E-state index contributed by atoms with van der Waals surface area (Å²) in [4.78, 5) is 0.371. The highest BCUT2D eigenvalue weighted by molar-refractivity contribution is 9.10. The van der Waals surface area contributed by atoms with Crippen LogP contribution >= 0.6 is 28.1 Å². The summed E-state index contributed by atoms with van der Waals surface area (Å²) in [5.41, 5.74) is 6.96. The zero-order chi connectivity index (χ0) is 14.9. The monoisotopic (exact) mass is 355 g/mol. The van der Waals surface area contributed by atoms with Crippen LogP contribution in [0.4, 0.5) is 0 Å². The Bertz CT molecular complexity index is 515. The van der Waals surface area contributed by atoms with Crippen LogP contribution in [0.2, 0.25) is 0 Å². The van der Waals surface area contributed by atoms with Crippen LogP contribution in [0.15, 0.2) is 22.7 Å². The summed E-state index contributed by atoms with van der Waals surface area (Å²) in [6.07, 6.45) is 3.65. The van der Waals surface area contributed by atoms with Gasteiger partial charge in [0.1, 0.15) is 10.7 Å². The van der Waals surface area contributed by atoms with E-state index < -0.39 is 0 Å². The van der Waals surface area contributed by atoms with Gasteiger partial charge in [0.25, 0.3) is 0 Å². The van der Waals surface area contributed by atoms with Gasteiger partial charge in [0.05, 0.1) is 11.7 Å². The molecule has 0 heterocycles. The van der Waals surface area contributed by atoms with Crippen LogP contribution in [-0.2, 0) is 0 Å². The van der Waals surface area contributed by atoms with Gasteiger partial charge in [-0.1, -0.05) is 39.1 Å². The number of ether oxygens (including phenoxy) is 1. The molecule has 1 aromatic carbocycles. The summed E-state index contributed by atoms with van der Waals surface area (Å²) in [6.45, 7) is 6.93. The minimum atomic E-state index is 0.233. The van der Waals surface area contributed by atoms with Crippen molar-refractivity contribution in [3.05, 3.63) is 28.2 Å². The first kappa shape index (κ1) is 15.8. The predicted octanol–water partition coefficient (Wildman–Crippen LogP) is 4.68. The van der Waals surface area contributed by atoms with Crippen molar-refractivity contribution in [2.45, 2.75) is 46.1 Å². The van der Waals surface area contributed by atoms with Gasteiger partial charge in [0, 0.05) is 4.47 Å². The fraction of sp³-hybridized carbons (Fsp3) is 0.562. The van der Waals surface area contributed by atoms with E-state index in [4.69, 9.17) is 22.7 Å². The van der Waals surface area contributed by atoms with Gasteiger partial charge >= 0.3 is 0 Å². The normalized spacial score (nSPS) is 25.2. The summed E-state index contributed by atoms with van der Waals surface area (Å²) < 4.78 is 7.13. The first-order valence-corrected chi connectivity index (χ1v) is 8.23. The molecule has 0 spiro atoms. The van der Waals surface area contributed by atoms with Crippen molar-refractivity contribution in [3.63, 3.8) is 0 Å². The molecule has 1 aliphatic rings. The van der Waals surface area contributed by atoms with Gasteiger partial charge in [-0.2, -0.15) is 0 Å². The first-order valence-electron chi connectivity index (χ1n) is 7.03. The minimum Gasteiger partial charge on any atom is -0.490 e. The number of nitrogens with two attached hydrogens (primary N) is 1. The molecule has 0 saturated heterocycles. The molecule has 20 heavy (non-hydrogen) atoms. The van der Waals surface area contributed by atoms with Crippen LogP contribution in [-0.4, -0.2) is 11.1 Å². The Kier molecular flexibility index (Phi) is 4.75. The number of hydrogen-bond donors (Lipinski definition) is 1. The Morgan fingerprint density at radius 2 is 2.10 bits per heavy atom.